The number of methoxy groups -OCH3 is 1. The van der Waals surface area contributed by atoms with Crippen LogP contribution in [0.5, 0.6) is 0 Å². The lowest BCUT2D eigenvalue weighted by molar-refractivity contribution is 0.0139. The highest BCUT2D eigenvalue weighted by molar-refractivity contribution is 7.90. The minimum absolute atomic E-state index is 0.0248. The number of amides is 1. The minimum atomic E-state index is -3.68. The zero-order chi connectivity index (χ0) is 24.9. The largest absolute Gasteiger partial charge is 0.383 e. The van der Waals surface area contributed by atoms with E-state index in [2.05, 4.69) is 22.1 Å². The Morgan fingerprint density at radius 2 is 2.00 bits per heavy atom. The molecule has 0 bridgehead atoms. The molecule has 0 saturated carbocycles. The van der Waals surface area contributed by atoms with E-state index in [9.17, 15) is 18.3 Å². The van der Waals surface area contributed by atoms with Gasteiger partial charge in [0, 0.05) is 45.3 Å². The van der Waals surface area contributed by atoms with Gasteiger partial charge in [-0.3, -0.25) is 9.69 Å². The molecule has 0 spiro atoms. The fourth-order valence-corrected chi connectivity index (χ4v) is 4.27. The average molecular weight is 492 g/mol. The predicted molar refractivity (Wildman–Crippen MR) is 126 cm³/mol. The first-order chi connectivity index (χ1) is 16.1. The number of aliphatic hydroxyl groups excluding tert-OH is 1. The lowest BCUT2D eigenvalue weighted by Gasteiger charge is -2.37. The summed E-state index contributed by atoms with van der Waals surface area (Å²) in [5, 5.41) is 13.6. The van der Waals surface area contributed by atoms with Crippen molar-refractivity contribution in [2.45, 2.75) is 11.5 Å². The first-order valence-corrected chi connectivity index (χ1v) is 12.4. The third kappa shape index (κ3) is 5.68. The number of rotatable bonds is 9. The van der Waals surface area contributed by atoms with Crippen molar-refractivity contribution in [2.75, 3.05) is 63.5 Å². The Bertz CT molecular complexity index is 1200. The molecule has 0 fully saturated rings. The molecular weight excluding hydrogens is 462 g/mol. The molecule has 1 amide bonds. The van der Waals surface area contributed by atoms with Crippen LogP contribution < -0.4 is 10.2 Å². The van der Waals surface area contributed by atoms with Crippen LogP contribution in [0.3, 0.4) is 0 Å². The Kier molecular flexibility index (Phi) is 8.16. The van der Waals surface area contributed by atoms with Crippen LogP contribution in [-0.2, 0) is 26.4 Å². The van der Waals surface area contributed by atoms with Gasteiger partial charge in [-0.25, -0.2) is 8.42 Å². The highest BCUT2D eigenvalue weighted by Gasteiger charge is 2.39. The van der Waals surface area contributed by atoms with Gasteiger partial charge in [0.2, 0.25) is 21.3 Å². The summed E-state index contributed by atoms with van der Waals surface area (Å²) >= 11 is 0. The molecule has 34 heavy (non-hydrogen) atoms. The molecule has 2 N–H and O–H groups in total. The maximum atomic E-state index is 12.7. The van der Waals surface area contributed by atoms with Gasteiger partial charge in [0.15, 0.2) is 11.5 Å². The summed E-state index contributed by atoms with van der Waals surface area (Å²) in [6.45, 7) is 2.29. The second kappa shape index (κ2) is 10.9. The van der Waals surface area contributed by atoms with E-state index in [-0.39, 0.29) is 23.2 Å². The SMILES string of the molecule is COCCOCCNc1cccc(C#CCN2c3nc(S(C)(=O)=O)n(C)c3C(=O)N(C)C2O)c1. The Morgan fingerprint density at radius 3 is 2.71 bits per heavy atom. The molecule has 0 saturated heterocycles. The molecule has 1 aromatic heterocycles. The summed E-state index contributed by atoms with van der Waals surface area (Å²) in [6, 6.07) is 7.53. The lowest BCUT2D eigenvalue weighted by atomic mass is 10.2. The van der Waals surface area contributed by atoms with E-state index in [1.807, 2.05) is 24.3 Å². The summed E-state index contributed by atoms with van der Waals surface area (Å²) in [5.74, 6) is 5.56. The number of fused-ring (bicyclic) bond motifs is 1. The molecule has 2 heterocycles. The summed E-state index contributed by atoms with van der Waals surface area (Å²) in [7, 11) is 0.831. The fraction of sp³-hybridized carbons (Fsp3) is 0.455. The third-order valence-electron chi connectivity index (χ3n) is 5.14. The lowest BCUT2D eigenvalue weighted by Crippen LogP contribution is -2.54. The topological polar surface area (TPSA) is 126 Å². The van der Waals surface area contributed by atoms with Crippen LogP contribution in [0.1, 0.15) is 16.1 Å². The van der Waals surface area contributed by atoms with E-state index in [1.165, 1.54) is 23.6 Å². The van der Waals surface area contributed by atoms with Gasteiger partial charge in [-0.05, 0) is 18.2 Å². The number of carbonyl (C=O) groups is 1. The molecule has 1 aromatic carbocycles. The van der Waals surface area contributed by atoms with E-state index in [0.717, 1.165) is 22.4 Å². The number of aromatic nitrogens is 2. The number of sulfone groups is 1. The second-order valence-electron chi connectivity index (χ2n) is 7.70. The summed E-state index contributed by atoms with van der Waals surface area (Å²) in [5.41, 5.74) is 1.71. The van der Waals surface area contributed by atoms with Gasteiger partial charge in [0.25, 0.3) is 5.91 Å². The molecule has 1 atom stereocenters. The van der Waals surface area contributed by atoms with Crippen LogP contribution in [0.15, 0.2) is 29.4 Å². The number of aliphatic hydroxyl groups is 1. The van der Waals surface area contributed by atoms with E-state index in [0.29, 0.717) is 26.4 Å². The zero-order valence-electron chi connectivity index (χ0n) is 19.6. The first-order valence-electron chi connectivity index (χ1n) is 10.5. The molecule has 184 valence electrons. The van der Waals surface area contributed by atoms with Gasteiger partial charge in [-0.15, -0.1) is 0 Å². The van der Waals surface area contributed by atoms with Crippen LogP contribution in [0, 0.1) is 11.8 Å². The fourth-order valence-electron chi connectivity index (χ4n) is 3.43. The highest BCUT2D eigenvalue weighted by atomic mass is 32.2. The number of hydrogen-bond acceptors (Lipinski definition) is 9. The van der Waals surface area contributed by atoms with Crippen LogP contribution in [0.25, 0.3) is 0 Å². The van der Waals surface area contributed by atoms with Crippen LogP contribution >= 0.6 is 0 Å². The number of nitrogens with zero attached hydrogens (tertiary/aromatic N) is 4. The highest BCUT2D eigenvalue weighted by Crippen LogP contribution is 2.30. The van der Waals surface area contributed by atoms with Crippen molar-refractivity contribution >= 4 is 27.2 Å². The van der Waals surface area contributed by atoms with Crippen molar-refractivity contribution < 1.29 is 27.8 Å². The van der Waals surface area contributed by atoms with E-state index >= 15 is 0 Å². The Balaban J connectivity index is 1.74. The molecule has 11 nitrogen and oxygen atoms in total. The Hall–Kier alpha value is -3.11. The maximum Gasteiger partial charge on any atom is 0.277 e. The summed E-state index contributed by atoms with van der Waals surface area (Å²) in [4.78, 5) is 19.3. The standard InChI is InChI=1S/C22H29N5O6S/c1-25-18-19(24-21(25)34(4,30)31)27(22(29)26(2)20(18)28)11-6-8-16-7-5-9-17(15-16)23-10-12-33-14-13-32-3/h5,7,9,15,22-23,29H,10-14H2,1-4H3. The van der Waals surface area contributed by atoms with Gasteiger partial charge in [0.05, 0.1) is 26.4 Å². The van der Waals surface area contributed by atoms with Crippen molar-refractivity contribution in [1.29, 1.82) is 0 Å². The molecule has 0 radical (unpaired) electrons. The van der Waals surface area contributed by atoms with Crippen LogP contribution in [0.2, 0.25) is 0 Å². The molecule has 3 rings (SSSR count). The van der Waals surface area contributed by atoms with Gasteiger partial charge < -0.3 is 29.4 Å². The molecule has 1 aliphatic rings. The monoisotopic (exact) mass is 491 g/mol. The molecule has 1 unspecified atom stereocenters. The first kappa shape index (κ1) is 25.5. The Morgan fingerprint density at radius 1 is 1.24 bits per heavy atom. The predicted octanol–water partition coefficient (Wildman–Crippen LogP) is 0.118. The van der Waals surface area contributed by atoms with Crippen molar-refractivity contribution in [2.24, 2.45) is 7.05 Å². The minimum Gasteiger partial charge on any atom is -0.383 e. The number of anilines is 2. The van der Waals surface area contributed by atoms with Crippen LogP contribution in [0.4, 0.5) is 11.5 Å². The molecule has 2 aromatic rings. The normalized spacial score (nSPS) is 15.7. The van der Waals surface area contributed by atoms with E-state index in [1.54, 1.807) is 7.11 Å². The molecule has 0 aliphatic carbocycles. The van der Waals surface area contributed by atoms with Gasteiger partial charge >= 0.3 is 0 Å². The van der Waals surface area contributed by atoms with Gasteiger partial charge in [-0.2, -0.15) is 4.98 Å². The molecular formula is C22H29N5O6S. The number of ether oxygens (including phenoxy) is 2. The van der Waals surface area contributed by atoms with Crippen molar-refractivity contribution in [1.82, 2.24) is 14.5 Å². The number of carbonyl (C=O) groups excluding carboxylic acids is 1. The van der Waals surface area contributed by atoms with E-state index < -0.39 is 22.1 Å². The van der Waals surface area contributed by atoms with Gasteiger partial charge in [0.1, 0.15) is 0 Å². The number of imidazole rings is 1. The van der Waals surface area contributed by atoms with E-state index in [4.69, 9.17) is 9.47 Å². The van der Waals surface area contributed by atoms with Crippen molar-refractivity contribution in [3.63, 3.8) is 0 Å². The zero-order valence-corrected chi connectivity index (χ0v) is 20.4. The Labute approximate surface area is 199 Å². The van der Waals surface area contributed by atoms with Crippen LogP contribution in [-0.4, -0.2) is 93.6 Å². The number of nitrogens with one attached hydrogen (secondary N) is 1. The smallest absolute Gasteiger partial charge is 0.277 e. The average Bonchev–Trinajstić information content (AvgIpc) is 3.15. The maximum absolute atomic E-state index is 12.7. The third-order valence-corrected chi connectivity index (χ3v) is 6.17. The quantitative estimate of drug-likeness (QED) is 0.371. The second-order valence-corrected chi connectivity index (χ2v) is 9.61. The van der Waals surface area contributed by atoms with Crippen molar-refractivity contribution in [3.05, 3.63) is 35.5 Å². The van der Waals surface area contributed by atoms with Gasteiger partial charge in [-0.1, -0.05) is 17.9 Å². The number of benzene rings is 1. The summed E-state index contributed by atoms with van der Waals surface area (Å²) < 4.78 is 35.8. The summed E-state index contributed by atoms with van der Waals surface area (Å²) in [6.07, 6.45) is -0.315. The number of hydrogen-bond donors (Lipinski definition) is 2. The molecule has 12 heteroatoms. The molecule has 1 aliphatic heterocycles. The van der Waals surface area contributed by atoms with Crippen molar-refractivity contribution in [3.8, 4) is 11.8 Å².